The van der Waals surface area contributed by atoms with Gasteiger partial charge in [0.05, 0.1) is 10.0 Å². The molecule has 12 heavy (non-hydrogen) atoms. The number of nitriles is 1. The Balaban J connectivity index is 3.52. The average molecular weight is 201 g/mol. The minimum Gasteiger partial charge on any atom is -0.240 e. The van der Waals surface area contributed by atoms with Crippen molar-refractivity contribution >= 4 is 23.2 Å². The fraction of sp³-hybridized carbons (Fsp3) is 0.250. The summed E-state index contributed by atoms with van der Waals surface area (Å²) in [5.74, 6) is 0. The molecule has 0 fully saturated rings. The van der Waals surface area contributed by atoms with Gasteiger partial charge in [-0.1, -0.05) is 23.2 Å². The quantitative estimate of drug-likeness (QED) is 0.646. The Bertz CT molecular complexity index is 366. The zero-order valence-corrected chi connectivity index (χ0v) is 8.16. The largest absolute Gasteiger partial charge is 0.240 e. The van der Waals surface area contributed by atoms with Crippen LogP contribution in [0, 0.1) is 25.2 Å². The van der Waals surface area contributed by atoms with Gasteiger partial charge in [-0.3, -0.25) is 0 Å². The van der Waals surface area contributed by atoms with Crippen LogP contribution in [0.1, 0.15) is 17.0 Å². The van der Waals surface area contributed by atoms with Gasteiger partial charge in [-0.25, -0.2) is 4.98 Å². The van der Waals surface area contributed by atoms with Crippen LogP contribution in [0.2, 0.25) is 10.0 Å². The molecule has 0 bridgehead atoms. The van der Waals surface area contributed by atoms with Crippen molar-refractivity contribution in [2.45, 2.75) is 13.8 Å². The molecule has 0 aliphatic heterocycles. The van der Waals surface area contributed by atoms with Crippen LogP contribution in [0.4, 0.5) is 0 Å². The number of aryl methyl sites for hydroxylation is 1. The van der Waals surface area contributed by atoms with Crippen molar-refractivity contribution in [1.82, 2.24) is 4.98 Å². The second-order valence-corrected chi connectivity index (χ2v) is 3.17. The Morgan fingerprint density at radius 3 is 2.33 bits per heavy atom. The zero-order chi connectivity index (χ0) is 9.30. The highest BCUT2D eigenvalue weighted by Crippen LogP contribution is 2.28. The fourth-order valence-corrected chi connectivity index (χ4v) is 1.25. The number of aromatic nitrogens is 1. The molecule has 0 N–H and O–H groups in total. The molecule has 0 amide bonds. The molecular formula is C8H6Cl2N2. The second kappa shape index (κ2) is 3.30. The normalized spacial score (nSPS) is 9.58. The van der Waals surface area contributed by atoms with Crippen LogP contribution in [-0.4, -0.2) is 4.98 Å². The van der Waals surface area contributed by atoms with E-state index in [-0.39, 0.29) is 10.7 Å². The van der Waals surface area contributed by atoms with Gasteiger partial charge < -0.3 is 0 Å². The minimum absolute atomic E-state index is 0.185. The molecule has 0 saturated heterocycles. The molecule has 0 atom stereocenters. The predicted octanol–water partition coefficient (Wildman–Crippen LogP) is 2.88. The maximum absolute atomic E-state index is 8.60. The summed E-state index contributed by atoms with van der Waals surface area (Å²) in [6.07, 6.45) is 0. The van der Waals surface area contributed by atoms with Gasteiger partial charge in [0.2, 0.25) is 0 Å². The smallest absolute Gasteiger partial charge is 0.160 e. The first-order valence-corrected chi connectivity index (χ1v) is 4.05. The Hall–Kier alpha value is -0.780. The Morgan fingerprint density at radius 1 is 1.25 bits per heavy atom. The first kappa shape index (κ1) is 9.31. The van der Waals surface area contributed by atoms with E-state index in [0.717, 1.165) is 11.3 Å². The first-order valence-electron chi connectivity index (χ1n) is 3.30. The van der Waals surface area contributed by atoms with E-state index in [1.165, 1.54) is 0 Å². The van der Waals surface area contributed by atoms with Crippen molar-refractivity contribution in [3.8, 4) is 6.07 Å². The summed E-state index contributed by atoms with van der Waals surface area (Å²) in [4.78, 5) is 3.97. The molecule has 4 heteroatoms. The molecule has 0 radical (unpaired) electrons. The lowest BCUT2D eigenvalue weighted by molar-refractivity contribution is 1.12. The standard InChI is InChI=1S/C8H6Cl2N2/c1-4-5(2)12-6(3-11)8(10)7(4)9/h1-2H3. The maximum Gasteiger partial charge on any atom is 0.160 e. The van der Waals surface area contributed by atoms with E-state index in [9.17, 15) is 0 Å². The summed E-state index contributed by atoms with van der Waals surface area (Å²) < 4.78 is 0. The minimum atomic E-state index is 0.185. The van der Waals surface area contributed by atoms with Gasteiger partial charge >= 0.3 is 0 Å². The summed E-state index contributed by atoms with van der Waals surface area (Å²) >= 11 is 11.6. The highest BCUT2D eigenvalue weighted by Gasteiger charge is 2.10. The molecule has 1 heterocycles. The van der Waals surface area contributed by atoms with Gasteiger partial charge in [-0.15, -0.1) is 0 Å². The number of nitrogens with zero attached hydrogens (tertiary/aromatic N) is 2. The molecular weight excluding hydrogens is 195 g/mol. The first-order chi connectivity index (χ1) is 5.57. The number of hydrogen-bond acceptors (Lipinski definition) is 2. The van der Waals surface area contributed by atoms with Crippen LogP contribution in [0.15, 0.2) is 0 Å². The van der Waals surface area contributed by atoms with E-state index in [0.29, 0.717) is 5.02 Å². The highest BCUT2D eigenvalue weighted by molar-refractivity contribution is 6.43. The van der Waals surface area contributed by atoms with Crippen LogP contribution in [0.3, 0.4) is 0 Å². The van der Waals surface area contributed by atoms with Gasteiger partial charge in [0.15, 0.2) is 5.69 Å². The molecule has 0 aliphatic rings. The average Bonchev–Trinajstić information content (AvgIpc) is 2.08. The number of pyridine rings is 1. The SMILES string of the molecule is Cc1nc(C#N)c(Cl)c(Cl)c1C. The van der Waals surface area contributed by atoms with Crippen LogP contribution < -0.4 is 0 Å². The molecule has 2 nitrogen and oxygen atoms in total. The van der Waals surface area contributed by atoms with Gasteiger partial charge in [0, 0.05) is 5.69 Å². The van der Waals surface area contributed by atoms with E-state index in [4.69, 9.17) is 28.5 Å². The van der Waals surface area contributed by atoms with Crippen molar-refractivity contribution in [2.24, 2.45) is 0 Å². The zero-order valence-electron chi connectivity index (χ0n) is 6.65. The molecule has 0 aromatic carbocycles. The number of hydrogen-bond donors (Lipinski definition) is 0. The number of rotatable bonds is 0. The van der Waals surface area contributed by atoms with Crippen LogP contribution >= 0.6 is 23.2 Å². The predicted molar refractivity (Wildman–Crippen MR) is 48.4 cm³/mol. The van der Waals surface area contributed by atoms with E-state index < -0.39 is 0 Å². The van der Waals surface area contributed by atoms with Crippen LogP contribution in [0.25, 0.3) is 0 Å². The van der Waals surface area contributed by atoms with Gasteiger partial charge in [0.1, 0.15) is 6.07 Å². The number of halogens is 2. The molecule has 1 rings (SSSR count). The van der Waals surface area contributed by atoms with E-state index in [2.05, 4.69) is 4.98 Å². The van der Waals surface area contributed by atoms with Crippen molar-refractivity contribution < 1.29 is 0 Å². The Labute approximate surface area is 80.7 Å². The topological polar surface area (TPSA) is 36.7 Å². The lowest BCUT2D eigenvalue weighted by Gasteiger charge is -2.04. The van der Waals surface area contributed by atoms with Crippen molar-refractivity contribution in [1.29, 1.82) is 5.26 Å². The third kappa shape index (κ3) is 1.38. The lowest BCUT2D eigenvalue weighted by Crippen LogP contribution is -1.93. The van der Waals surface area contributed by atoms with E-state index in [1.54, 1.807) is 6.92 Å². The molecule has 0 unspecified atom stereocenters. The van der Waals surface area contributed by atoms with E-state index >= 15 is 0 Å². The molecule has 1 aromatic heterocycles. The monoisotopic (exact) mass is 200 g/mol. The summed E-state index contributed by atoms with van der Waals surface area (Å²) in [5.41, 5.74) is 1.74. The molecule has 62 valence electrons. The van der Waals surface area contributed by atoms with E-state index in [1.807, 2.05) is 13.0 Å². The summed E-state index contributed by atoms with van der Waals surface area (Å²) in [5, 5.41) is 9.26. The van der Waals surface area contributed by atoms with Gasteiger partial charge in [-0.2, -0.15) is 5.26 Å². The molecule has 0 saturated carbocycles. The fourth-order valence-electron chi connectivity index (χ4n) is 0.802. The maximum atomic E-state index is 8.60. The van der Waals surface area contributed by atoms with Crippen LogP contribution in [0.5, 0.6) is 0 Å². The second-order valence-electron chi connectivity index (χ2n) is 2.41. The third-order valence-electron chi connectivity index (χ3n) is 1.66. The summed E-state index contributed by atoms with van der Waals surface area (Å²) in [6, 6.07) is 1.88. The summed E-state index contributed by atoms with van der Waals surface area (Å²) in [6.45, 7) is 3.61. The third-order valence-corrected chi connectivity index (χ3v) is 2.60. The van der Waals surface area contributed by atoms with Gasteiger partial charge in [0.25, 0.3) is 0 Å². The van der Waals surface area contributed by atoms with Crippen LogP contribution in [-0.2, 0) is 0 Å². The molecule has 1 aromatic rings. The summed E-state index contributed by atoms with van der Waals surface area (Å²) in [7, 11) is 0. The lowest BCUT2D eigenvalue weighted by atomic mass is 10.2. The highest BCUT2D eigenvalue weighted by atomic mass is 35.5. The molecule has 0 spiro atoms. The Kier molecular flexibility index (Phi) is 2.56. The van der Waals surface area contributed by atoms with Crippen molar-refractivity contribution in [3.05, 3.63) is 27.0 Å². The Morgan fingerprint density at radius 2 is 1.83 bits per heavy atom. The van der Waals surface area contributed by atoms with Gasteiger partial charge in [-0.05, 0) is 19.4 Å². The van der Waals surface area contributed by atoms with Crippen molar-refractivity contribution in [3.63, 3.8) is 0 Å². The van der Waals surface area contributed by atoms with Crippen molar-refractivity contribution in [2.75, 3.05) is 0 Å². The molecule has 0 aliphatic carbocycles.